The van der Waals surface area contributed by atoms with Crippen LogP contribution in [0.4, 0.5) is 0 Å². The molecule has 6 nitrogen and oxygen atoms in total. The van der Waals surface area contributed by atoms with Crippen molar-refractivity contribution in [1.29, 1.82) is 0 Å². The van der Waals surface area contributed by atoms with Crippen LogP contribution in [0.5, 0.6) is 5.75 Å². The van der Waals surface area contributed by atoms with Crippen LogP contribution in [0, 0.1) is 6.92 Å². The zero-order valence-electron chi connectivity index (χ0n) is 16.4. The molecule has 1 heterocycles. The Morgan fingerprint density at radius 3 is 2.48 bits per heavy atom. The number of carbonyl (C=O) groups excluding carboxylic acids is 1. The van der Waals surface area contributed by atoms with E-state index in [1.54, 1.807) is 41.3 Å². The van der Waals surface area contributed by atoms with Crippen LogP contribution in [-0.4, -0.2) is 34.1 Å². The highest BCUT2D eigenvalue weighted by atomic mass is 16.5. The van der Waals surface area contributed by atoms with Crippen molar-refractivity contribution in [2.24, 2.45) is 0 Å². The highest BCUT2D eigenvalue weighted by Gasteiger charge is 2.19. The molecule has 0 saturated heterocycles. The van der Waals surface area contributed by atoms with Crippen molar-refractivity contribution in [2.45, 2.75) is 13.5 Å². The van der Waals surface area contributed by atoms with E-state index >= 15 is 0 Å². The van der Waals surface area contributed by atoms with Gasteiger partial charge in [0.1, 0.15) is 18.9 Å². The van der Waals surface area contributed by atoms with E-state index in [-0.39, 0.29) is 12.5 Å². The number of carbonyl (C=O) groups is 1. The van der Waals surface area contributed by atoms with Crippen molar-refractivity contribution in [3.05, 3.63) is 90.9 Å². The van der Waals surface area contributed by atoms with Gasteiger partial charge in [-0.2, -0.15) is 4.98 Å². The second-order valence-corrected chi connectivity index (χ2v) is 6.48. The van der Waals surface area contributed by atoms with Crippen LogP contribution in [0.25, 0.3) is 11.4 Å². The summed E-state index contributed by atoms with van der Waals surface area (Å²) in [4.78, 5) is 18.9. The molecule has 0 N–H and O–H groups in total. The van der Waals surface area contributed by atoms with Crippen LogP contribution in [0.1, 0.15) is 21.8 Å². The Balaban J connectivity index is 1.72. The third-order valence-corrected chi connectivity index (χ3v) is 4.21. The lowest BCUT2D eigenvalue weighted by molar-refractivity contribution is 0.0745. The molecule has 1 aromatic heterocycles. The van der Waals surface area contributed by atoms with E-state index in [0.29, 0.717) is 36.2 Å². The van der Waals surface area contributed by atoms with Crippen molar-refractivity contribution < 1.29 is 14.1 Å². The summed E-state index contributed by atoms with van der Waals surface area (Å²) >= 11 is 0. The van der Waals surface area contributed by atoms with Crippen LogP contribution >= 0.6 is 0 Å². The quantitative estimate of drug-likeness (QED) is 0.506. The fraction of sp³-hybridized carbons (Fsp3) is 0.174. The van der Waals surface area contributed by atoms with Gasteiger partial charge in [-0.15, -0.1) is 6.58 Å². The molecule has 0 fully saturated rings. The Hall–Kier alpha value is -3.67. The molecule has 148 valence electrons. The number of aryl methyl sites for hydroxylation is 1. The lowest BCUT2D eigenvalue weighted by Crippen LogP contribution is -2.30. The Kier molecular flexibility index (Phi) is 6.58. The van der Waals surface area contributed by atoms with Gasteiger partial charge in [0.2, 0.25) is 11.7 Å². The molecule has 0 unspecified atom stereocenters. The number of aromatic nitrogens is 2. The van der Waals surface area contributed by atoms with E-state index in [9.17, 15) is 4.79 Å². The summed E-state index contributed by atoms with van der Waals surface area (Å²) in [5.74, 6) is 1.38. The van der Waals surface area contributed by atoms with Gasteiger partial charge in [-0.1, -0.05) is 53.7 Å². The van der Waals surface area contributed by atoms with Gasteiger partial charge in [0.25, 0.3) is 5.91 Å². The minimum atomic E-state index is -0.157. The second kappa shape index (κ2) is 9.50. The molecule has 0 aliphatic rings. The molecule has 1 amide bonds. The lowest BCUT2D eigenvalue weighted by atomic mass is 10.1. The van der Waals surface area contributed by atoms with E-state index in [0.717, 1.165) is 11.1 Å². The first-order valence-corrected chi connectivity index (χ1v) is 9.24. The van der Waals surface area contributed by atoms with E-state index in [1.165, 1.54) is 0 Å². The average Bonchev–Trinajstić information content (AvgIpc) is 3.21. The molecule has 0 saturated carbocycles. The van der Waals surface area contributed by atoms with Gasteiger partial charge in [-0.05, 0) is 31.2 Å². The normalized spacial score (nSPS) is 10.4. The Morgan fingerprint density at radius 2 is 1.83 bits per heavy atom. The third kappa shape index (κ3) is 5.19. The summed E-state index contributed by atoms with van der Waals surface area (Å²) in [6, 6.07) is 14.8. The molecule has 0 aliphatic heterocycles. The van der Waals surface area contributed by atoms with Crippen LogP contribution in [0.15, 0.2) is 78.4 Å². The molecule has 6 heteroatoms. The van der Waals surface area contributed by atoms with Crippen molar-refractivity contribution >= 4 is 5.91 Å². The van der Waals surface area contributed by atoms with E-state index < -0.39 is 0 Å². The van der Waals surface area contributed by atoms with Crippen molar-refractivity contribution in [1.82, 2.24) is 15.0 Å². The standard InChI is InChI=1S/C23H23N3O3/c1-4-14-26(23(27)19-10-12-20(13-11-19)28-15-5-2)16-21-24-22(25-29-21)18-8-6-17(3)7-9-18/h4-13H,1-2,14-16H2,3H3. The predicted molar refractivity (Wildman–Crippen MR) is 112 cm³/mol. The number of nitrogens with zero attached hydrogens (tertiary/aromatic N) is 3. The average molecular weight is 389 g/mol. The van der Waals surface area contributed by atoms with Gasteiger partial charge in [-0.25, -0.2) is 0 Å². The van der Waals surface area contributed by atoms with Gasteiger partial charge in [0.15, 0.2) is 0 Å². The fourth-order valence-corrected chi connectivity index (χ4v) is 2.71. The molecule has 0 bridgehead atoms. The first-order valence-electron chi connectivity index (χ1n) is 9.24. The van der Waals surface area contributed by atoms with Crippen LogP contribution in [0.2, 0.25) is 0 Å². The summed E-state index contributed by atoms with van der Waals surface area (Å²) in [5.41, 5.74) is 2.56. The molecule has 0 aliphatic carbocycles. The SMILES string of the molecule is C=CCOc1ccc(C(=O)N(CC=C)Cc2nc(-c3ccc(C)cc3)no2)cc1. The summed E-state index contributed by atoms with van der Waals surface area (Å²) in [6.45, 7) is 10.3. The largest absolute Gasteiger partial charge is 0.490 e. The second-order valence-electron chi connectivity index (χ2n) is 6.48. The minimum absolute atomic E-state index is 0.157. The number of hydrogen-bond acceptors (Lipinski definition) is 5. The Bertz CT molecular complexity index is 975. The molecule has 3 rings (SSSR count). The lowest BCUT2D eigenvalue weighted by Gasteiger charge is -2.19. The predicted octanol–water partition coefficient (Wildman–Crippen LogP) is 4.44. The molecular weight excluding hydrogens is 366 g/mol. The summed E-state index contributed by atoms with van der Waals surface area (Å²) in [5, 5.41) is 4.03. The highest BCUT2D eigenvalue weighted by Crippen LogP contribution is 2.18. The molecular formula is C23H23N3O3. The van der Waals surface area contributed by atoms with Crippen LogP contribution in [-0.2, 0) is 6.54 Å². The smallest absolute Gasteiger partial charge is 0.254 e. The summed E-state index contributed by atoms with van der Waals surface area (Å²) in [7, 11) is 0. The maximum absolute atomic E-state index is 12.9. The van der Waals surface area contributed by atoms with Gasteiger partial charge in [-0.3, -0.25) is 4.79 Å². The zero-order valence-corrected chi connectivity index (χ0v) is 16.4. The van der Waals surface area contributed by atoms with Gasteiger partial charge in [0.05, 0.1) is 0 Å². The first kappa shape index (κ1) is 20.1. The minimum Gasteiger partial charge on any atom is -0.490 e. The van der Waals surface area contributed by atoms with E-state index in [2.05, 4.69) is 23.3 Å². The number of rotatable bonds is 9. The zero-order chi connectivity index (χ0) is 20.6. The maximum Gasteiger partial charge on any atom is 0.254 e. The Labute approximate surface area is 170 Å². The third-order valence-electron chi connectivity index (χ3n) is 4.21. The highest BCUT2D eigenvalue weighted by molar-refractivity contribution is 5.94. The Morgan fingerprint density at radius 1 is 1.10 bits per heavy atom. The first-order chi connectivity index (χ1) is 14.1. The summed E-state index contributed by atoms with van der Waals surface area (Å²) < 4.78 is 10.8. The monoisotopic (exact) mass is 389 g/mol. The maximum atomic E-state index is 12.9. The van der Waals surface area contributed by atoms with E-state index in [4.69, 9.17) is 9.26 Å². The summed E-state index contributed by atoms with van der Waals surface area (Å²) in [6.07, 6.45) is 3.33. The van der Waals surface area contributed by atoms with Crippen molar-refractivity contribution in [2.75, 3.05) is 13.2 Å². The number of ether oxygens (including phenoxy) is 1. The molecule has 3 aromatic rings. The van der Waals surface area contributed by atoms with Crippen LogP contribution < -0.4 is 4.74 Å². The number of benzene rings is 2. The molecule has 2 aromatic carbocycles. The molecule has 0 radical (unpaired) electrons. The molecule has 0 spiro atoms. The topological polar surface area (TPSA) is 68.5 Å². The van der Waals surface area contributed by atoms with E-state index in [1.807, 2.05) is 31.2 Å². The van der Waals surface area contributed by atoms with Crippen molar-refractivity contribution in [3.63, 3.8) is 0 Å². The van der Waals surface area contributed by atoms with Crippen molar-refractivity contribution in [3.8, 4) is 17.1 Å². The molecule has 29 heavy (non-hydrogen) atoms. The fourth-order valence-electron chi connectivity index (χ4n) is 2.71. The number of amides is 1. The van der Waals surface area contributed by atoms with Gasteiger partial charge in [0, 0.05) is 17.7 Å². The van der Waals surface area contributed by atoms with Gasteiger partial charge < -0.3 is 14.2 Å². The van der Waals surface area contributed by atoms with Crippen LogP contribution in [0.3, 0.4) is 0 Å². The molecule has 0 atom stereocenters. The van der Waals surface area contributed by atoms with Gasteiger partial charge >= 0.3 is 0 Å². The number of hydrogen-bond donors (Lipinski definition) is 0.